The van der Waals surface area contributed by atoms with E-state index in [1.165, 1.54) is 16.7 Å². The Morgan fingerprint density at radius 1 is 1.04 bits per heavy atom. The lowest BCUT2D eigenvalue weighted by molar-refractivity contribution is 0.101. The van der Waals surface area contributed by atoms with Gasteiger partial charge in [0, 0.05) is 18.0 Å². The Morgan fingerprint density at radius 2 is 1.65 bits per heavy atom. The van der Waals surface area contributed by atoms with Crippen molar-refractivity contribution in [3.63, 3.8) is 0 Å². The van der Waals surface area contributed by atoms with Gasteiger partial charge < -0.3 is 0 Å². The van der Waals surface area contributed by atoms with E-state index in [2.05, 4.69) is 43.1 Å². The molecule has 2 aromatic rings. The molecule has 0 amide bonds. The lowest BCUT2D eigenvalue weighted by atomic mass is 9.96. The van der Waals surface area contributed by atoms with Gasteiger partial charge in [0.2, 0.25) is 0 Å². The second kappa shape index (κ2) is 9.73. The van der Waals surface area contributed by atoms with Gasteiger partial charge in [-0.25, -0.2) is 0 Å². The number of hydrogen-bond donors (Lipinski definition) is 0. The van der Waals surface area contributed by atoms with Crippen molar-refractivity contribution in [3.8, 4) is 0 Å². The third-order valence-electron chi connectivity index (χ3n) is 3.66. The fraction of sp³-hybridized carbons (Fsp3) is 0.333. The second-order valence-electron chi connectivity index (χ2n) is 5.09. The van der Waals surface area contributed by atoms with Gasteiger partial charge in [0.25, 0.3) is 0 Å². The van der Waals surface area contributed by atoms with E-state index in [0.29, 0.717) is 5.56 Å². The number of pyridine rings is 1. The van der Waals surface area contributed by atoms with E-state index < -0.39 is 0 Å². The van der Waals surface area contributed by atoms with Crippen molar-refractivity contribution in [2.24, 2.45) is 0 Å². The zero-order valence-electron chi connectivity index (χ0n) is 14.9. The number of nitrogens with zero attached hydrogens (tertiary/aromatic N) is 1. The van der Waals surface area contributed by atoms with E-state index in [1.54, 1.807) is 19.3 Å². The van der Waals surface area contributed by atoms with Crippen LogP contribution in [0, 0.1) is 0 Å². The number of benzene rings is 1. The third-order valence-corrected chi connectivity index (χ3v) is 3.66. The molecule has 0 aliphatic rings. The molecule has 0 saturated carbocycles. The van der Waals surface area contributed by atoms with Gasteiger partial charge in [-0.3, -0.25) is 9.78 Å². The van der Waals surface area contributed by atoms with Crippen LogP contribution in [0.3, 0.4) is 0 Å². The summed E-state index contributed by atoms with van der Waals surface area (Å²) in [6.45, 7) is 9.90. The van der Waals surface area contributed by atoms with Gasteiger partial charge in [-0.1, -0.05) is 58.0 Å². The summed E-state index contributed by atoms with van der Waals surface area (Å²) in [6.07, 6.45) is 9.59. The van der Waals surface area contributed by atoms with Gasteiger partial charge in [-0.05, 0) is 48.1 Å². The number of carbonyl (C=O) groups is 1. The van der Waals surface area contributed by atoms with E-state index >= 15 is 0 Å². The minimum atomic E-state index is 0.0426. The SMILES string of the molecule is CC.CCc1cccc(CC)c1/C=C/c1cncc(C(C)=O)c1. The highest BCUT2D eigenvalue weighted by atomic mass is 16.1. The smallest absolute Gasteiger partial charge is 0.161 e. The van der Waals surface area contributed by atoms with E-state index in [0.717, 1.165) is 18.4 Å². The van der Waals surface area contributed by atoms with Gasteiger partial charge >= 0.3 is 0 Å². The molecule has 0 aliphatic carbocycles. The molecule has 23 heavy (non-hydrogen) atoms. The molecule has 0 bridgehead atoms. The first-order chi connectivity index (χ1) is 11.2. The molecular weight excluding hydrogens is 282 g/mol. The second-order valence-corrected chi connectivity index (χ2v) is 5.09. The lowest BCUT2D eigenvalue weighted by Crippen LogP contribution is -1.94. The van der Waals surface area contributed by atoms with Gasteiger partial charge in [-0.15, -0.1) is 0 Å². The van der Waals surface area contributed by atoms with Crippen molar-refractivity contribution < 1.29 is 4.79 Å². The van der Waals surface area contributed by atoms with Crippen LogP contribution in [-0.4, -0.2) is 10.8 Å². The Hall–Kier alpha value is -2.22. The van der Waals surface area contributed by atoms with Crippen LogP contribution in [0.2, 0.25) is 0 Å². The molecule has 0 N–H and O–H groups in total. The number of ketones is 1. The minimum Gasteiger partial charge on any atom is -0.294 e. The highest BCUT2D eigenvalue weighted by Gasteiger charge is 2.03. The average molecular weight is 309 g/mol. The summed E-state index contributed by atoms with van der Waals surface area (Å²) >= 11 is 0. The topological polar surface area (TPSA) is 30.0 Å². The highest BCUT2D eigenvalue weighted by molar-refractivity contribution is 5.94. The number of carbonyl (C=O) groups excluding carboxylic acids is 1. The standard InChI is InChI=1S/C19H21NO.C2H6/c1-4-16-7-6-8-17(5-2)19(16)10-9-15-11-18(14(3)21)13-20-12-15;1-2/h6-13H,4-5H2,1-3H3;1-2H3/b10-9+;. The van der Waals surface area contributed by atoms with E-state index in [9.17, 15) is 4.79 Å². The summed E-state index contributed by atoms with van der Waals surface area (Å²) < 4.78 is 0. The molecular formula is C21H27NO. The normalized spacial score (nSPS) is 10.3. The zero-order valence-corrected chi connectivity index (χ0v) is 14.9. The maximum atomic E-state index is 11.4. The van der Waals surface area contributed by atoms with Crippen LogP contribution < -0.4 is 0 Å². The van der Waals surface area contributed by atoms with Crippen LogP contribution in [0.15, 0.2) is 36.7 Å². The molecule has 0 atom stereocenters. The van der Waals surface area contributed by atoms with Crippen LogP contribution in [0.5, 0.6) is 0 Å². The molecule has 1 heterocycles. The quantitative estimate of drug-likeness (QED) is 0.672. The fourth-order valence-corrected chi connectivity index (χ4v) is 2.42. The molecule has 0 aliphatic heterocycles. The van der Waals surface area contributed by atoms with Crippen LogP contribution in [0.4, 0.5) is 0 Å². The first kappa shape index (κ1) is 18.8. The summed E-state index contributed by atoms with van der Waals surface area (Å²) in [6, 6.07) is 8.34. The summed E-state index contributed by atoms with van der Waals surface area (Å²) in [7, 11) is 0. The van der Waals surface area contributed by atoms with Crippen molar-refractivity contribution in [1.29, 1.82) is 0 Å². The molecule has 0 unspecified atom stereocenters. The maximum absolute atomic E-state index is 11.4. The van der Waals surface area contributed by atoms with Gasteiger partial charge in [-0.2, -0.15) is 0 Å². The molecule has 122 valence electrons. The Labute approximate surface area is 140 Å². The summed E-state index contributed by atoms with van der Waals surface area (Å²) in [4.78, 5) is 15.5. The first-order valence-corrected chi connectivity index (χ1v) is 8.40. The zero-order chi connectivity index (χ0) is 17.2. The van der Waals surface area contributed by atoms with Gasteiger partial charge in [0.05, 0.1) is 0 Å². The van der Waals surface area contributed by atoms with Crippen molar-refractivity contribution in [2.45, 2.75) is 47.5 Å². The maximum Gasteiger partial charge on any atom is 0.161 e. The summed E-state index contributed by atoms with van der Waals surface area (Å²) in [5.74, 6) is 0.0426. The van der Waals surface area contributed by atoms with Crippen LogP contribution in [0.25, 0.3) is 12.2 Å². The van der Waals surface area contributed by atoms with Crippen molar-refractivity contribution in [2.75, 3.05) is 0 Å². The Morgan fingerprint density at radius 3 is 2.17 bits per heavy atom. The molecule has 0 radical (unpaired) electrons. The monoisotopic (exact) mass is 309 g/mol. The third kappa shape index (κ3) is 5.17. The molecule has 2 rings (SSSR count). The number of Topliss-reactive ketones (excluding diaryl/α,β-unsaturated/α-hetero) is 1. The van der Waals surface area contributed by atoms with Crippen molar-refractivity contribution >= 4 is 17.9 Å². The molecule has 2 heteroatoms. The largest absolute Gasteiger partial charge is 0.294 e. The summed E-state index contributed by atoms with van der Waals surface area (Å²) in [5.41, 5.74) is 5.59. The average Bonchev–Trinajstić information content (AvgIpc) is 2.61. The van der Waals surface area contributed by atoms with Crippen LogP contribution in [-0.2, 0) is 12.8 Å². The predicted molar refractivity (Wildman–Crippen MR) is 99.7 cm³/mol. The summed E-state index contributed by atoms with van der Waals surface area (Å²) in [5, 5.41) is 0. The van der Waals surface area contributed by atoms with Crippen LogP contribution >= 0.6 is 0 Å². The van der Waals surface area contributed by atoms with Crippen molar-refractivity contribution in [1.82, 2.24) is 4.98 Å². The number of aromatic nitrogens is 1. The minimum absolute atomic E-state index is 0.0426. The molecule has 0 fully saturated rings. The predicted octanol–water partition coefficient (Wildman–Crippen LogP) is 5.61. The fourth-order valence-electron chi connectivity index (χ4n) is 2.42. The molecule has 2 nitrogen and oxygen atoms in total. The molecule has 0 spiro atoms. The van der Waals surface area contributed by atoms with E-state index in [4.69, 9.17) is 0 Å². The Bertz CT molecular complexity index is 649. The molecule has 1 aromatic carbocycles. The van der Waals surface area contributed by atoms with Crippen LogP contribution in [0.1, 0.15) is 67.2 Å². The first-order valence-electron chi connectivity index (χ1n) is 8.40. The molecule has 1 aromatic heterocycles. The molecule has 0 saturated heterocycles. The van der Waals surface area contributed by atoms with Gasteiger partial charge in [0.15, 0.2) is 5.78 Å². The number of rotatable bonds is 5. The number of hydrogen-bond acceptors (Lipinski definition) is 2. The van der Waals surface area contributed by atoms with E-state index in [-0.39, 0.29) is 5.78 Å². The Balaban J connectivity index is 0.00000127. The van der Waals surface area contributed by atoms with Crippen molar-refractivity contribution in [3.05, 3.63) is 64.5 Å². The highest BCUT2D eigenvalue weighted by Crippen LogP contribution is 2.19. The lowest BCUT2D eigenvalue weighted by Gasteiger charge is -2.09. The Kier molecular flexibility index (Phi) is 7.96. The van der Waals surface area contributed by atoms with E-state index in [1.807, 2.05) is 26.0 Å². The van der Waals surface area contributed by atoms with Gasteiger partial charge in [0.1, 0.15) is 0 Å². The number of aryl methyl sites for hydroxylation is 2.